The van der Waals surface area contributed by atoms with Gasteiger partial charge in [0.1, 0.15) is 11.5 Å². The Morgan fingerprint density at radius 1 is 1.15 bits per heavy atom. The molecule has 4 heterocycles. The minimum atomic E-state index is -3.16. The molecule has 34 heavy (non-hydrogen) atoms. The van der Waals surface area contributed by atoms with Crippen molar-refractivity contribution >= 4 is 17.4 Å². The minimum Gasteiger partial charge on any atom is -0.378 e. The summed E-state index contributed by atoms with van der Waals surface area (Å²) in [7, 11) is 1.72. The molecule has 1 saturated heterocycles. The van der Waals surface area contributed by atoms with Gasteiger partial charge in [0.05, 0.1) is 25.1 Å². The predicted octanol–water partition coefficient (Wildman–Crippen LogP) is 3.35. The first kappa shape index (κ1) is 23.5. The molecule has 0 aliphatic carbocycles. The van der Waals surface area contributed by atoms with Gasteiger partial charge in [-0.2, -0.15) is 8.78 Å². The highest BCUT2D eigenvalue weighted by atomic mass is 19.3. The first-order valence-electron chi connectivity index (χ1n) is 10.8. The van der Waals surface area contributed by atoms with Crippen LogP contribution in [0.3, 0.4) is 0 Å². The van der Waals surface area contributed by atoms with E-state index in [4.69, 9.17) is 4.74 Å². The Morgan fingerprint density at radius 2 is 1.88 bits per heavy atom. The number of rotatable bonds is 5. The molecule has 1 N–H and O–H groups in total. The molecule has 1 fully saturated rings. The van der Waals surface area contributed by atoms with E-state index in [2.05, 4.69) is 20.2 Å². The third-order valence-electron chi connectivity index (χ3n) is 5.70. The summed E-state index contributed by atoms with van der Waals surface area (Å²) in [5.74, 6) is -2.96. The van der Waals surface area contributed by atoms with Crippen molar-refractivity contribution in [3.63, 3.8) is 0 Å². The molecular weight excluding hydrogens is 444 g/mol. The topological polar surface area (TPSA) is 89.3 Å². The summed E-state index contributed by atoms with van der Waals surface area (Å²) in [4.78, 5) is 35.5. The molecule has 0 aromatic carbocycles. The molecule has 1 aliphatic heterocycles. The van der Waals surface area contributed by atoms with Crippen molar-refractivity contribution in [1.82, 2.24) is 14.5 Å². The molecule has 4 rings (SSSR count). The third-order valence-corrected chi connectivity index (χ3v) is 5.70. The van der Waals surface area contributed by atoms with Gasteiger partial charge in [0, 0.05) is 56.1 Å². The van der Waals surface area contributed by atoms with Gasteiger partial charge in [-0.15, -0.1) is 0 Å². The maximum Gasteiger partial charge on any atom is 0.286 e. The van der Waals surface area contributed by atoms with Gasteiger partial charge in [0.2, 0.25) is 0 Å². The van der Waals surface area contributed by atoms with Crippen LogP contribution >= 0.6 is 0 Å². The molecule has 0 spiro atoms. The monoisotopic (exact) mass is 469 g/mol. The lowest BCUT2D eigenvalue weighted by atomic mass is 10.0. The zero-order valence-corrected chi connectivity index (χ0v) is 19.1. The number of hydrogen-bond donors (Lipinski definition) is 1. The van der Waals surface area contributed by atoms with E-state index < -0.39 is 17.5 Å². The number of carbonyl (C=O) groups is 1. The molecule has 0 unspecified atom stereocenters. The third kappa shape index (κ3) is 4.96. The number of morpholine rings is 1. The molecule has 0 atom stereocenters. The number of hydrogen-bond acceptors (Lipinski definition) is 6. The van der Waals surface area contributed by atoms with Crippen molar-refractivity contribution < 1.29 is 18.3 Å². The molecule has 0 bridgehead atoms. The van der Waals surface area contributed by atoms with Crippen molar-refractivity contribution in [1.29, 1.82) is 0 Å². The molecule has 10 heteroatoms. The van der Waals surface area contributed by atoms with Crippen molar-refractivity contribution in [2.75, 3.05) is 36.5 Å². The number of pyridine rings is 3. The fourth-order valence-corrected chi connectivity index (χ4v) is 3.78. The average molecular weight is 469 g/mol. The lowest BCUT2D eigenvalue weighted by Gasteiger charge is -2.30. The van der Waals surface area contributed by atoms with Crippen molar-refractivity contribution in [3.8, 4) is 11.1 Å². The summed E-state index contributed by atoms with van der Waals surface area (Å²) in [6.45, 7) is 5.06. The SMILES string of the molecule is Cc1ncc(NC(=O)c2ccnc(C(C)(F)F)c2)cc1-c1cc(N2CCOCC2)n(C)c(=O)c1. The maximum absolute atomic E-state index is 13.6. The maximum atomic E-state index is 13.6. The van der Waals surface area contributed by atoms with E-state index in [-0.39, 0.29) is 11.1 Å². The molecule has 1 aliphatic rings. The van der Waals surface area contributed by atoms with E-state index in [0.717, 1.165) is 18.8 Å². The highest BCUT2D eigenvalue weighted by Crippen LogP contribution is 2.28. The molecule has 0 saturated carbocycles. The Bertz CT molecular complexity index is 1280. The van der Waals surface area contributed by atoms with Crippen molar-refractivity contribution in [3.05, 3.63) is 70.0 Å². The Labute approximate surface area is 195 Å². The van der Waals surface area contributed by atoms with Gasteiger partial charge >= 0.3 is 0 Å². The largest absolute Gasteiger partial charge is 0.378 e. The lowest BCUT2D eigenvalue weighted by molar-refractivity contribution is 0.0127. The Hall–Kier alpha value is -3.66. The number of alkyl halides is 2. The van der Waals surface area contributed by atoms with E-state index in [9.17, 15) is 18.4 Å². The predicted molar refractivity (Wildman–Crippen MR) is 124 cm³/mol. The number of carbonyl (C=O) groups excluding carboxylic acids is 1. The summed E-state index contributed by atoms with van der Waals surface area (Å²) in [5, 5.41) is 2.69. The number of amides is 1. The molecule has 3 aromatic rings. The summed E-state index contributed by atoms with van der Waals surface area (Å²) in [6, 6.07) is 7.59. The average Bonchev–Trinajstić information content (AvgIpc) is 2.82. The molecule has 0 radical (unpaired) electrons. The number of nitrogens with one attached hydrogen (secondary N) is 1. The van der Waals surface area contributed by atoms with Crippen LogP contribution in [0, 0.1) is 6.92 Å². The van der Waals surface area contributed by atoms with Gasteiger partial charge in [-0.1, -0.05) is 0 Å². The van der Waals surface area contributed by atoms with Crippen LogP contribution in [0.2, 0.25) is 0 Å². The zero-order valence-electron chi connectivity index (χ0n) is 19.1. The first-order chi connectivity index (χ1) is 16.1. The van der Waals surface area contributed by atoms with Gasteiger partial charge in [0.25, 0.3) is 17.4 Å². The molecule has 1 amide bonds. The van der Waals surface area contributed by atoms with Crippen LogP contribution < -0.4 is 15.8 Å². The van der Waals surface area contributed by atoms with Gasteiger partial charge in [-0.3, -0.25) is 24.1 Å². The van der Waals surface area contributed by atoms with Crippen LogP contribution in [-0.4, -0.2) is 46.7 Å². The summed E-state index contributed by atoms with van der Waals surface area (Å²) in [6.07, 6.45) is 2.66. The van der Waals surface area contributed by atoms with Gasteiger partial charge in [-0.25, -0.2) is 0 Å². The first-order valence-corrected chi connectivity index (χ1v) is 10.8. The zero-order chi connectivity index (χ0) is 24.5. The molecular formula is C24H25F2N5O3. The number of nitrogens with zero attached hydrogens (tertiary/aromatic N) is 4. The fourth-order valence-electron chi connectivity index (χ4n) is 3.78. The Balaban J connectivity index is 1.65. The van der Waals surface area contributed by atoms with Crippen LogP contribution in [0.4, 0.5) is 20.3 Å². The van der Waals surface area contributed by atoms with E-state index in [0.29, 0.717) is 48.8 Å². The van der Waals surface area contributed by atoms with E-state index in [1.54, 1.807) is 17.7 Å². The van der Waals surface area contributed by atoms with Crippen molar-refractivity contribution in [2.24, 2.45) is 7.05 Å². The molecule has 8 nitrogen and oxygen atoms in total. The number of aryl methyl sites for hydroxylation is 1. The quantitative estimate of drug-likeness (QED) is 0.617. The fraction of sp³-hybridized carbons (Fsp3) is 0.333. The number of halogens is 2. The Kier molecular flexibility index (Phi) is 6.43. The highest BCUT2D eigenvalue weighted by Gasteiger charge is 2.27. The highest BCUT2D eigenvalue weighted by molar-refractivity contribution is 6.04. The second kappa shape index (κ2) is 9.30. The second-order valence-electron chi connectivity index (χ2n) is 8.23. The second-order valence-corrected chi connectivity index (χ2v) is 8.23. The standard InChI is InChI=1S/C24H25F2N5O3/c1-15-19(17-11-21(30(3)22(32)12-17)31-6-8-34-9-7-31)13-18(14-28-15)29-23(33)16-4-5-27-20(10-16)24(2,25)26/h4-5,10-14H,6-9H2,1-3H3,(H,29,33). The van der Waals surface area contributed by atoms with Gasteiger partial charge < -0.3 is 15.0 Å². The van der Waals surface area contributed by atoms with Gasteiger partial charge in [-0.05, 0) is 36.8 Å². The number of anilines is 2. The summed E-state index contributed by atoms with van der Waals surface area (Å²) in [5.41, 5.74) is 1.80. The molecule has 178 valence electrons. The van der Waals surface area contributed by atoms with Gasteiger partial charge in [0.15, 0.2) is 0 Å². The lowest BCUT2D eigenvalue weighted by Crippen LogP contribution is -2.39. The van der Waals surface area contributed by atoms with E-state index in [1.807, 2.05) is 13.0 Å². The van der Waals surface area contributed by atoms with Crippen LogP contribution in [0.25, 0.3) is 11.1 Å². The normalized spacial score (nSPS) is 14.2. The van der Waals surface area contributed by atoms with Crippen molar-refractivity contribution in [2.45, 2.75) is 19.8 Å². The summed E-state index contributed by atoms with van der Waals surface area (Å²) < 4.78 is 34.2. The van der Waals surface area contributed by atoms with Crippen LogP contribution in [0.15, 0.2) is 47.5 Å². The summed E-state index contributed by atoms with van der Waals surface area (Å²) >= 11 is 0. The Morgan fingerprint density at radius 3 is 2.59 bits per heavy atom. The molecule has 3 aromatic heterocycles. The van der Waals surface area contributed by atoms with Crippen LogP contribution in [0.5, 0.6) is 0 Å². The minimum absolute atomic E-state index is 0.0526. The number of aromatic nitrogens is 3. The van der Waals surface area contributed by atoms with Crippen LogP contribution in [-0.2, 0) is 17.7 Å². The van der Waals surface area contributed by atoms with Crippen LogP contribution in [0.1, 0.15) is 28.7 Å². The van der Waals surface area contributed by atoms with E-state index in [1.165, 1.54) is 24.5 Å². The smallest absolute Gasteiger partial charge is 0.286 e. The number of ether oxygens (including phenoxy) is 1. The van der Waals surface area contributed by atoms with E-state index >= 15 is 0 Å².